The van der Waals surface area contributed by atoms with E-state index in [2.05, 4.69) is 20.7 Å². The van der Waals surface area contributed by atoms with E-state index in [0.29, 0.717) is 21.5 Å². The summed E-state index contributed by atoms with van der Waals surface area (Å²) in [5.41, 5.74) is 5.65. The number of nitrogens with one attached hydrogen (secondary N) is 2. The summed E-state index contributed by atoms with van der Waals surface area (Å²) in [5.74, 6) is 0.351. The van der Waals surface area contributed by atoms with Crippen LogP contribution >= 0.6 is 23.2 Å². The Hall–Kier alpha value is -2.83. The molecule has 0 fully saturated rings. The van der Waals surface area contributed by atoms with Crippen LogP contribution in [0.4, 0.5) is 0 Å². The minimum absolute atomic E-state index is 0.280. The van der Waals surface area contributed by atoms with Crippen LogP contribution in [0.2, 0.25) is 10.0 Å². The molecule has 0 aliphatic rings. The molecule has 3 aromatic rings. The number of rotatable bonds is 5. The Kier molecular flexibility index (Phi) is 5.78. The van der Waals surface area contributed by atoms with Crippen molar-refractivity contribution >= 4 is 34.8 Å². The second kappa shape index (κ2) is 8.24. The highest BCUT2D eigenvalue weighted by Gasteiger charge is 2.12. The van der Waals surface area contributed by atoms with Crippen LogP contribution < -0.4 is 10.2 Å². The fraction of sp³-hybridized carbons (Fsp3) is 0.105. The van der Waals surface area contributed by atoms with Crippen LogP contribution in [0.15, 0.2) is 53.6 Å². The summed E-state index contributed by atoms with van der Waals surface area (Å²) in [5, 5.41) is 11.8. The van der Waals surface area contributed by atoms with Gasteiger partial charge in [-0.15, -0.1) is 0 Å². The van der Waals surface area contributed by atoms with E-state index in [0.717, 1.165) is 16.9 Å². The van der Waals surface area contributed by atoms with Crippen molar-refractivity contribution in [2.45, 2.75) is 6.92 Å². The molecule has 1 aromatic heterocycles. The molecule has 0 aliphatic carbocycles. The van der Waals surface area contributed by atoms with E-state index in [-0.39, 0.29) is 5.69 Å². The van der Waals surface area contributed by atoms with Crippen LogP contribution in [0.1, 0.15) is 23.0 Å². The molecule has 3 rings (SSSR count). The van der Waals surface area contributed by atoms with Crippen LogP contribution in [0.25, 0.3) is 11.3 Å². The topological polar surface area (TPSA) is 79.4 Å². The van der Waals surface area contributed by atoms with Gasteiger partial charge in [-0.05, 0) is 55.0 Å². The van der Waals surface area contributed by atoms with E-state index in [1.54, 1.807) is 38.3 Å². The molecule has 138 valence electrons. The predicted molar refractivity (Wildman–Crippen MR) is 107 cm³/mol. The normalized spacial score (nSPS) is 11.3. The molecule has 27 heavy (non-hydrogen) atoms. The number of aromatic amines is 1. The number of methoxy groups -OCH3 is 1. The summed E-state index contributed by atoms with van der Waals surface area (Å²) >= 11 is 11.9. The molecule has 8 heteroatoms. The molecular formula is C19H16Cl2N4O2. The Morgan fingerprint density at radius 1 is 1.11 bits per heavy atom. The highest BCUT2D eigenvalue weighted by molar-refractivity contribution is 6.42. The van der Waals surface area contributed by atoms with Gasteiger partial charge in [0, 0.05) is 5.56 Å². The smallest absolute Gasteiger partial charge is 0.289 e. The zero-order valence-corrected chi connectivity index (χ0v) is 16.1. The monoisotopic (exact) mass is 402 g/mol. The molecular weight excluding hydrogens is 387 g/mol. The van der Waals surface area contributed by atoms with Crippen LogP contribution in [-0.4, -0.2) is 28.9 Å². The summed E-state index contributed by atoms with van der Waals surface area (Å²) in [6.07, 6.45) is 0. The number of amides is 1. The molecule has 0 unspecified atom stereocenters. The number of H-pyrrole nitrogens is 1. The molecule has 0 atom stereocenters. The van der Waals surface area contributed by atoms with Gasteiger partial charge in [-0.1, -0.05) is 29.3 Å². The molecule has 0 spiro atoms. The van der Waals surface area contributed by atoms with Gasteiger partial charge in [0.15, 0.2) is 0 Å². The Morgan fingerprint density at radius 3 is 2.52 bits per heavy atom. The summed E-state index contributed by atoms with van der Waals surface area (Å²) in [4.78, 5) is 12.3. The fourth-order valence-electron chi connectivity index (χ4n) is 2.33. The first-order chi connectivity index (χ1) is 13.0. The minimum atomic E-state index is -0.401. The highest BCUT2D eigenvalue weighted by Crippen LogP contribution is 2.27. The number of ether oxygens (including phenoxy) is 1. The maximum atomic E-state index is 12.3. The summed E-state index contributed by atoms with van der Waals surface area (Å²) in [7, 11) is 1.60. The average Bonchev–Trinajstić information content (AvgIpc) is 3.18. The second-order valence-corrected chi connectivity index (χ2v) is 6.48. The molecule has 0 saturated heterocycles. The van der Waals surface area contributed by atoms with Crippen LogP contribution in [-0.2, 0) is 0 Å². The molecule has 0 bridgehead atoms. The van der Waals surface area contributed by atoms with Gasteiger partial charge in [0.2, 0.25) is 0 Å². The first-order valence-electron chi connectivity index (χ1n) is 7.98. The average molecular weight is 403 g/mol. The Morgan fingerprint density at radius 2 is 1.85 bits per heavy atom. The number of hydrazone groups is 1. The lowest BCUT2D eigenvalue weighted by molar-refractivity contribution is 0.0950. The third-order valence-electron chi connectivity index (χ3n) is 3.87. The van der Waals surface area contributed by atoms with E-state index in [1.807, 2.05) is 24.3 Å². The number of carbonyl (C=O) groups is 1. The van der Waals surface area contributed by atoms with Crippen molar-refractivity contribution in [1.29, 1.82) is 0 Å². The first kappa shape index (κ1) is 18.9. The number of nitrogens with zero attached hydrogens (tertiary/aromatic N) is 2. The van der Waals surface area contributed by atoms with Crippen LogP contribution in [0.3, 0.4) is 0 Å². The molecule has 0 radical (unpaired) electrons. The zero-order chi connectivity index (χ0) is 19.4. The van der Waals surface area contributed by atoms with Crippen LogP contribution in [0, 0.1) is 0 Å². The Balaban J connectivity index is 1.70. The molecule has 2 N–H and O–H groups in total. The largest absolute Gasteiger partial charge is 0.497 e. The minimum Gasteiger partial charge on any atom is -0.497 e. The molecule has 0 aliphatic heterocycles. The van der Waals surface area contributed by atoms with Crippen molar-refractivity contribution in [2.75, 3.05) is 7.11 Å². The van der Waals surface area contributed by atoms with Gasteiger partial charge in [-0.3, -0.25) is 9.89 Å². The standard InChI is InChI=1S/C19H16Cl2N4O2/c1-11(12-3-6-14(27-2)7-4-12)22-25-19(26)18-10-17(23-24-18)13-5-8-15(20)16(21)9-13/h3-10H,1-2H3,(H,23,24)(H,25,26). The maximum absolute atomic E-state index is 12.3. The van der Waals surface area contributed by atoms with Crippen molar-refractivity contribution in [3.05, 3.63) is 69.8 Å². The van der Waals surface area contributed by atoms with Crippen molar-refractivity contribution in [3.63, 3.8) is 0 Å². The Labute approximate surface area is 166 Å². The van der Waals surface area contributed by atoms with Gasteiger partial charge in [-0.2, -0.15) is 10.2 Å². The van der Waals surface area contributed by atoms with E-state index < -0.39 is 5.91 Å². The van der Waals surface area contributed by atoms with E-state index >= 15 is 0 Å². The molecule has 2 aromatic carbocycles. The van der Waals surface area contributed by atoms with Gasteiger partial charge in [0.05, 0.1) is 28.6 Å². The Bertz CT molecular complexity index is 997. The number of carbonyl (C=O) groups excluding carboxylic acids is 1. The fourth-order valence-corrected chi connectivity index (χ4v) is 2.63. The van der Waals surface area contributed by atoms with Gasteiger partial charge in [0.25, 0.3) is 5.91 Å². The van der Waals surface area contributed by atoms with Crippen molar-refractivity contribution in [2.24, 2.45) is 5.10 Å². The van der Waals surface area contributed by atoms with Crippen molar-refractivity contribution in [1.82, 2.24) is 15.6 Å². The summed E-state index contributed by atoms with van der Waals surface area (Å²) < 4.78 is 5.12. The molecule has 0 saturated carbocycles. The quantitative estimate of drug-likeness (QED) is 0.485. The third kappa shape index (κ3) is 4.48. The predicted octanol–water partition coefficient (Wildman–Crippen LogP) is 4.55. The number of aromatic nitrogens is 2. The third-order valence-corrected chi connectivity index (χ3v) is 4.61. The number of benzene rings is 2. The van der Waals surface area contributed by atoms with Crippen LogP contribution in [0.5, 0.6) is 5.75 Å². The lowest BCUT2D eigenvalue weighted by Gasteiger charge is -2.03. The number of hydrogen-bond donors (Lipinski definition) is 2. The number of hydrogen-bond acceptors (Lipinski definition) is 4. The molecule has 1 heterocycles. The lowest BCUT2D eigenvalue weighted by Crippen LogP contribution is -2.19. The zero-order valence-electron chi connectivity index (χ0n) is 14.6. The maximum Gasteiger partial charge on any atom is 0.289 e. The SMILES string of the molecule is COc1ccc(C(C)=NNC(=O)c2cc(-c3ccc(Cl)c(Cl)c3)n[nH]2)cc1. The van der Waals surface area contributed by atoms with E-state index in [1.165, 1.54) is 0 Å². The summed E-state index contributed by atoms with van der Waals surface area (Å²) in [6, 6.07) is 14.1. The first-order valence-corrected chi connectivity index (χ1v) is 8.73. The lowest BCUT2D eigenvalue weighted by atomic mass is 10.1. The van der Waals surface area contributed by atoms with E-state index in [9.17, 15) is 4.79 Å². The van der Waals surface area contributed by atoms with Gasteiger partial charge in [-0.25, -0.2) is 5.43 Å². The number of halogens is 2. The van der Waals surface area contributed by atoms with Gasteiger partial charge < -0.3 is 4.74 Å². The van der Waals surface area contributed by atoms with Gasteiger partial charge >= 0.3 is 0 Å². The molecule has 1 amide bonds. The van der Waals surface area contributed by atoms with Crippen molar-refractivity contribution in [3.8, 4) is 17.0 Å². The van der Waals surface area contributed by atoms with E-state index in [4.69, 9.17) is 27.9 Å². The summed E-state index contributed by atoms with van der Waals surface area (Å²) in [6.45, 7) is 1.80. The molecule has 6 nitrogen and oxygen atoms in total. The van der Waals surface area contributed by atoms with Gasteiger partial charge in [0.1, 0.15) is 11.4 Å². The second-order valence-electron chi connectivity index (χ2n) is 5.66. The van der Waals surface area contributed by atoms with Crippen molar-refractivity contribution < 1.29 is 9.53 Å². The highest BCUT2D eigenvalue weighted by atomic mass is 35.5.